The van der Waals surface area contributed by atoms with Gasteiger partial charge >= 0.3 is 0 Å². The molecule has 1 N–H and O–H groups in total. The van der Waals surface area contributed by atoms with Crippen LogP contribution < -0.4 is 5.32 Å². The lowest BCUT2D eigenvalue weighted by molar-refractivity contribution is -0.132. The molecule has 0 aromatic rings. The Morgan fingerprint density at radius 1 is 1.09 bits per heavy atom. The zero-order chi connectivity index (χ0) is 8.53. The highest BCUT2D eigenvalue weighted by Crippen LogP contribution is 1.92. The Morgan fingerprint density at radius 3 is 2.00 bits per heavy atom. The van der Waals surface area contributed by atoms with Gasteiger partial charge in [-0.15, -0.1) is 0 Å². The van der Waals surface area contributed by atoms with Crippen molar-refractivity contribution in [3.8, 4) is 0 Å². The summed E-state index contributed by atoms with van der Waals surface area (Å²) in [6, 6.07) is 0. The van der Waals surface area contributed by atoms with E-state index in [1.54, 1.807) is 0 Å². The van der Waals surface area contributed by atoms with Gasteiger partial charge in [0.2, 0.25) is 0 Å². The summed E-state index contributed by atoms with van der Waals surface area (Å²) in [5, 5.41) is 3.17. The summed E-state index contributed by atoms with van der Waals surface area (Å²) in [5.74, 6) is 0. The van der Waals surface area contributed by atoms with E-state index >= 15 is 0 Å². The second kappa shape index (κ2) is 7.98. The highest BCUT2D eigenvalue weighted by Gasteiger charge is 2.04. The summed E-state index contributed by atoms with van der Waals surface area (Å²) in [6.07, 6.45) is -0.0788. The molecule has 0 rings (SSSR count). The molecular weight excluding hydrogens is 142 g/mol. The van der Waals surface area contributed by atoms with Crippen molar-refractivity contribution in [3.05, 3.63) is 0 Å². The first-order valence-electron chi connectivity index (χ1n) is 4.29. The van der Waals surface area contributed by atoms with Crippen LogP contribution in [0.1, 0.15) is 20.8 Å². The Balaban J connectivity index is 3.34. The standard InChI is InChI=1S/C8H19NO2/c1-4-9-7-8(10-5-2)11-6-3/h8-9H,4-7H2,1-3H3. The molecule has 0 aromatic carbocycles. The molecule has 0 fully saturated rings. The molecule has 0 aliphatic rings. The molecule has 68 valence electrons. The van der Waals surface area contributed by atoms with Gasteiger partial charge in [0.25, 0.3) is 0 Å². The van der Waals surface area contributed by atoms with Crippen LogP contribution in [0.3, 0.4) is 0 Å². The molecule has 0 radical (unpaired) electrons. The number of hydrogen-bond acceptors (Lipinski definition) is 3. The van der Waals surface area contributed by atoms with Crippen LogP contribution in [0.2, 0.25) is 0 Å². The smallest absolute Gasteiger partial charge is 0.169 e. The number of hydrogen-bond donors (Lipinski definition) is 1. The first-order chi connectivity index (χ1) is 5.35. The fourth-order valence-corrected chi connectivity index (χ4v) is 0.800. The quantitative estimate of drug-likeness (QED) is 0.565. The molecule has 0 amide bonds. The minimum atomic E-state index is -0.0788. The van der Waals surface area contributed by atoms with Gasteiger partial charge in [0, 0.05) is 19.8 Å². The maximum absolute atomic E-state index is 5.30. The van der Waals surface area contributed by atoms with Crippen LogP contribution >= 0.6 is 0 Å². The predicted octanol–water partition coefficient (Wildman–Crippen LogP) is 0.995. The topological polar surface area (TPSA) is 30.5 Å². The van der Waals surface area contributed by atoms with Gasteiger partial charge in [-0.3, -0.25) is 0 Å². The van der Waals surface area contributed by atoms with E-state index in [0.29, 0.717) is 13.2 Å². The fourth-order valence-electron chi connectivity index (χ4n) is 0.800. The second-order valence-corrected chi connectivity index (χ2v) is 2.15. The average Bonchev–Trinajstić information content (AvgIpc) is 2.01. The van der Waals surface area contributed by atoms with E-state index in [2.05, 4.69) is 12.2 Å². The van der Waals surface area contributed by atoms with Crippen LogP contribution in [0.5, 0.6) is 0 Å². The summed E-state index contributed by atoms with van der Waals surface area (Å²) in [6.45, 7) is 9.14. The number of rotatable bonds is 7. The average molecular weight is 161 g/mol. The van der Waals surface area contributed by atoms with Crippen molar-refractivity contribution in [2.75, 3.05) is 26.3 Å². The van der Waals surface area contributed by atoms with Crippen LogP contribution in [0, 0.1) is 0 Å². The van der Waals surface area contributed by atoms with Gasteiger partial charge in [0.1, 0.15) is 0 Å². The largest absolute Gasteiger partial charge is 0.352 e. The van der Waals surface area contributed by atoms with Crippen molar-refractivity contribution in [3.63, 3.8) is 0 Å². The lowest BCUT2D eigenvalue weighted by atomic mass is 10.5. The second-order valence-electron chi connectivity index (χ2n) is 2.15. The minimum Gasteiger partial charge on any atom is -0.352 e. The third-order valence-electron chi connectivity index (χ3n) is 1.27. The summed E-state index contributed by atoms with van der Waals surface area (Å²) in [7, 11) is 0. The summed E-state index contributed by atoms with van der Waals surface area (Å²) >= 11 is 0. The van der Waals surface area contributed by atoms with Gasteiger partial charge in [-0.2, -0.15) is 0 Å². The van der Waals surface area contributed by atoms with Crippen molar-refractivity contribution in [2.45, 2.75) is 27.1 Å². The highest BCUT2D eigenvalue weighted by molar-refractivity contribution is 4.48. The molecule has 0 saturated carbocycles. The van der Waals surface area contributed by atoms with Gasteiger partial charge in [-0.05, 0) is 20.4 Å². The van der Waals surface area contributed by atoms with Gasteiger partial charge in [-0.25, -0.2) is 0 Å². The van der Waals surface area contributed by atoms with Crippen molar-refractivity contribution in [2.24, 2.45) is 0 Å². The Hall–Kier alpha value is -0.120. The van der Waals surface area contributed by atoms with E-state index in [9.17, 15) is 0 Å². The van der Waals surface area contributed by atoms with Crippen LogP contribution in [0.15, 0.2) is 0 Å². The molecule has 11 heavy (non-hydrogen) atoms. The van der Waals surface area contributed by atoms with Crippen molar-refractivity contribution in [1.29, 1.82) is 0 Å². The Labute approximate surface area is 69.1 Å². The van der Waals surface area contributed by atoms with Crippen molar-refractivity contribution >= 4 is 0 Å². The van der Waals surface area contributed by atoms with Gasteiger partial charge in [0.15, 0.2) is 6.29 Å². The van der Waals surface area contributed by atoms with E-state index in [-0.39, 0.29) is 6.29 Å². The minimum absolute atomic E-state index is 0.0788. The fraction of sp³-hybridized carbons (Fsp3) is 1.00. The van der Waals surface area contributed by atoms with Crippen LogP contribution in [0.4, 0.5) is 0 Å². The van der Waals surface area contributed by atoms with E-state index in [0.717, 1.165) is 13.1 Å². The summed E-state index contributed by atoms with van der Waals surface area (Å²) < 4.78 is 10.6. The third kappa shape index (κ3) is 6.28. The first-order valence-corrected chi connectivity index (χ1v) is 4.29. The molecule has 0 saturated heterocycles. The van der Waals surface area contributed by atoms with Crippen LogP contribution in [0.25, 0.3) is 0 Å². The van der Waals surface area contributed by atoms with Crippen LogP contribution in [-0.2, 0) is 9.47 Å². The maximum atomic E-state index is 5.30. The predicted molar refractivity (Wildman–Crippen MR) is 45.6 cm³/mol. The van der Waals surface area contributed by atoms with E-state index < -0.39 is 0 Å². The Bertz CT molecular complexity index is 72.5. The summed E-state index contributed by atoms with van der Waals surface area (Å²) in [5.41, 5.74) is 0. The summed E-state index contributed by atoms with van der Waals surface area (Å²) in [4.78, 5) is 0. The number of nitrogens with one attached hydrogen (secondary N) is 1. The third-order valence-corrected chi connectivity index (χ3v) is 1.27. The molecule has 0 heterocycles. The van der Waals surface area contributed by atoms with E-state index in [1.165, 1.54) is 0 Å². The van der Waals surface area contributed by atoms with Crippen molar-refractivity contribution < 1.29 is 9.47 Å². The Morgan fingerprint density at radius 2 is 1.64 bits per heavy atom. The normalized spacial score (nSPS) is 10.9. The zero-order valence-electron chi connectivity index (χ0n) is 7.72. The van der Waals surface area contributed by atoms with Crippen LogP contribution in [-0.4, -0.2) is 32.6 Å². The molecule has 0 unspecified atom stereocenters. The molecule has 0 aliphatic carbocycles. The molecule has 3 nitrogen and oxygen atoms in total. The number of likely N-dealkylation sites (N-methyl/N-ethyl adjacent to an activating group) is 1. The molecule has 3 heteroatoms. The SMILES string of the molecule is CCNCC(OCC)OCC. The zero-order valence-corrected chi connectivity index (χ0v) is 7.72. The van der Waals surface area contributed by atoms with Gasteiger partial charge < -0.3 is 14.8 Å². The molecule has 0 aliphatic heterocycles. The molecule has 0 spiro atoms. The monoisotopic (exact) mass is 161 g/mol. The molecule has 0 bridgehead atoms. The van der Waals surface area contributed by atoms with Gasteiger partial charge in [0.05, 0.1) is 0 Å². The van der Waals surface area contributed by atoms with E-state index in [4.69, 9.17) is 9.47 Å². The lowest BCUT2D eigenvalue weighted by Gasteiger charge is -2.16. The molecule has 0 aromatic heterocycles. The molecule has 0 atom stereocenters. The van der Waals surface area contributed by atoms with Crippen molar-refractivity contribution in [1.82, 2.24) is 5.32 Å². The Kier molecular flexibility index (Phi) is 7.89. The van der Waals surface area contributed by atoms with E-state index in [1.807, 2.05) is 13.8 Å². The highest BCUT2D eigenvalue weighted by atomic mass is 16.7. The number of ether oxygens (including phenoxy) is 2. The van der Waals surface area contributed by atoms with Gasteiger partial charge in [-0.1, -0.05) is 6.92 Å². The first kappa shape index (κ1) is 10.9. The molecular formula is C8H19NO2. The lowest BCUT2D eigenvalue weighted by Crippen LogP contribution is -2.31. The maximum Gasteiger partial charge on any atom is 0.169 e.